The smallest absolute Gasteiger partial charge is 0.162 e. The molecule has 1 heterocycles. The molecule has 0 atom stereocenters. The highest BCUT2D eigenvalue weighted by atomic mass is 35.5. The molecule has 0 saturated carbocycles. The molecule has 0 radical (unpaired) electrons. The van der Waals surface area contributed by atoms with Gasteiger partial charge in [0.05, 0.1) is 5.56 Å². The maximum absolute atomic E-state index is 10.2. The molecule has 0 N–H and O–H groups in total. The predicted octanol–water partition coefficient (Wildman–Crippen LogP) is 1.60. The summed E-state index contributed by atoms with van der Waals surface area (Å²) < 4.78 is 0. The molecule has 5 heteroatoms. The van der Waals surface area contributed by atoms with E-state index in [0.29, 0.717) is 6.29 Å². The molecule has 0 bridgehead atoms. The molecular weight excluding hydrogens is 175 g/mol. The lowest BCUT2D eigenvalue weighted by Gasteiger charge is -1.91. The maximum Gasteiger partial charge on any atom is 0.162 e. The zero-order valence-electron chi connectivity index (χ0n) is 4.71. The van der Waals surface area contributed by atoms with Gasteiger partial charge in [0.1, 0.15) is 0 Å². The lowest BCUT2D eigenvalue weighted by Crippen LogP contribution is -1.89. The van der Waals surface area contributed by atoms with E-state index in [1.165, 1.54) is 6.07 Å². The first-order chi connectivity index (χ1) is 4.74. The van der Waals surface area contributed by atoms with Crippen molar-refractivity contribution >= 4 is 29.5 Å². The van der Waals surface area contributed by atoms with E-state index in [9.17, 15) is 4.79 Å². The van der Waals surface area contributed by atoms with Gasteiger partial charge in [-0.05, 0) is 6.07 Å². The summed E-state index contributed by atoms with van der Waals surface area (Å²) in [5.41, 5.74) is 0.252. The van der Waals surface area contributed by atoms with Crippen LogP contribution in [0.1, 0.15) is 10.4 Å². The summed E-state index contributed by atoms with van der Waals surface area (Å²) in [6, 6.07) is 1.35. The van der Waals surface area contributed by atoms with Crippen molar-refractivity contribution in [1.29, 1.82) is 0 Å². The average molecular weight is 177 g/mol. The van der Waals surface area contributed by atoms with Gasteiger partial charge in [-0.25, -0.2) is 0 Å². The van der Waals surface area contributed by atoms with E-state index in [0.717, 1.165) is 0 Å². The van der Waals surface area contributed by atoms with E-state index in [1.807, 2.05) is 0 Å². The molecule has 1 aromatic rings. The van der Waals surface area contributed by atoms with Gasteiger partial charge in [0.25, 0.3) is 0 Å². The Bertz CT molecular complexity index is 264. The van der Waals surface area contributed by atoms with Crippen molar-refractivity contribution in [3.63, 3.8) is 0 Å². The number of carbonyl (C=O) groups excluding carboxylic acids is 1. The van der Waals surface area contributed by atoms with E-state index < -0.39 is 0 Å². The van der Waals surface area contributed by atoms with Gasteiger partial charge in [-0.1, -0.05) is 23.2 Å². The number of carbonyl (C=O) groups is 1. The Morgan fingerprint density at radius 3 is 2.60 bits per heavy atom. The summed E-state index contributed by atoms with van der Waals surface area (Å²) >= 11 is 10.8. The third-order valence-corrected chi connectivity index (χ3v) is 1.35. The summed E-state index contributed by atoms with van der Waals surface area (Å²) in [4.78, 5) is 10.2. The van der Waals surface area contributed by atoms with Gasteiger partial charge in [-0.15, -0.1) is 10.2 Å². The molecule has 1 aromatic heterocycles. The summed E-state index contributed by atoms with van der Waals surface area (Å²) in [5.74, 6) is 0. The Kier molecular flexibility index (Phi) is 2.19. The standard InChI is InChI=1S/C5H2Cl2N2O/c6-4-1-3(2-10)5(7)9-8-4/h1-2H. The van der Waals surface area contributed by atoms with Crippen LogP contribution in [0.25, 0.3) is 0 Å². The summed E-state index contributed by atoms with van der Waals surface area (Å²) in [5, 5.41) is 7.04. The van der Waals surface area contributed by atoms with Gasteiger partial charge in [-0.3, -0.25) is 4.79 Å². The van der Waals surface area contributed by atoms with Crippen LogP contribution in [0, 0.1) is 0 Å². The summed E-state index contributed by atoms with van der Waals surface area (Å²) in [6.45, 7) is 0. The number of aromatic nitrogens is 2. The Morgan fingerprint density at radius 2 is 2.10 bits per heavy atom. The Morgan fingerprint density at radius 1 is 1.40 bits per heavy atom. The first-order valence-electron chi connectivity index (χ1n) is 2.38. The minimum atomic E-state index is 0.0689. The molecule has 0 spiro atoms. The van der Waals surface area contributed by atoms with Crippen LogP contribution in [0.4, 0.5) is 0 Å². The van der Waals surface area contributed by atoms with E-state index in [1.54, 1.807) is 0 Å². The van der Waals surface area contributed by atoms with E-state index >= 15 is 0 Å². The van der Waals surface area contributed by atoms with E-state index in [4.69, 9.17) is 23.2 Å². The molecular formula is C5H2Cl2N2O. The Hall–Kier alpha value is -0.670. The molecule has 52 valence electrons. The molecule has 0 aliphatic carbocycles. The van der Waals surface area contributed by atoms with Crippen molar-refractivity contribution in [2.24, 2.45) is 0 Å². The average Bonchev–Trinajstić information content (AvgIpc) is 1.94. The second-order valence-corrected chi connectivity index (χ2v) is 2.28. The van der Waals surface area contributed by atoms with Gasteiger partial charge < -0.3 is 0 Å². The van der Waals surface area contributed by atoms with Crippen LogP contribution in [-0.2, 0) is 0 Å². The summed E-state index contributed by atoms with van der Waals surface area (Å²) in [6.07, 6.45) is 0.572. The Balaban J connectivity index is 3.21. The molecule has 0 unspecified atom stereocenters. The van der Waals surface area contributed by atoms with Gasteiger partial charge in [0.15, 0.2) is 16.6 Å². The monoisotopic (exact) mass is 176 g/mol. The van der Waals surface area contributed by atoms with Gasteiger partial charge in [0.2, 0.25) is 0 Å². The normalized spacial score (nSPS) is 9.40. The fraction of sp³-hybridized carbons (Fsp3) is 0. The fourth-order valence-electron chi connectivity index (χ4n) is 0.449. The quantitative estimate of drug-likeness (QED) is 0.611. The van der Waals surface area contributed by atoms with Crippen LogP contribution >= 0.6 is 23.2 Å². The van der Waals surface area contributed by atoms with Crippen molar-refractivity contribution in [2.75, 3.05) is 0 Å². The van der Waals surface area contributed by atoms with Crippen LogP contribution in [0.5, 0.6) is 0 Å². The highest BCUT2D eigenvalue weighted by Crippen LogP contribution is 2.12. The lowest BCUT2D eigenvalue weighted by molar-refractivity contribution is 0.112. The third-order valence-electron chi connectivity index (χ3n) is 0.873. The van der Waals surface area contributed by atoms with Crippen LogP contribution < -0.4 is 0 Å². The molecule has 0 aliphatic rings. The van der Waals surface area contributed by atoms with Gasteiger partial charge >= 0.3 is 0 Å². The largest absolute Gasteiger partial charge is 0.298 e. The van der Waals surface area contributed by atoms with Crippen LogP contribution in [0.15, 0.2) is 6.07 Å². The highest BCUT2D eigenvalue weighted by Gasteiger charge is 2.00. The molecule has 3 nitrogen and oxygen atoms in total. The summed E-state index contributed by atoms with van der Waals surface area (Å²) in [7, 11) is 0. The Labute approximate surface area is 67.0 Å². The number of aldehydes is 1. The molecule has 0 saturated heterocycles. The van der Waals surface area contributed by atoms with Crippen LogP contribution in [0.2, 0.25) is 10.3 Å². The van der Waals surface area contributed by atoms with Crippen molar-refractivity contribution in [3.05, 3.63) is 21.9 Å². The number of halogens is 2. The van der Waals surface area contributed by atoms with Crippen molar-refractivity contribution in [3.8, 4) is 0 Å². The zero-order valence-corrected chi connectivity index (χ0v) is 6.23. The number of rotatable bonds is 1. The molecule has 10 heavy (non-hydrogen) atoms. The first kappa shape index (κ1) is 7.44. The van der Waals surface area contributed by atoms with Crippen molar-refractivity contribution < 1.29 is 4.79 Å². The third kappa shape index (κ3) is 1.43. The zero-order chi connectivity index (χ0) is 7.56. The topological polar surface area (TPSA) is 42.9 Å². The van der Waals surface area contributed by atoms with E-state index in [-0.39, 0.29) is 15.9 Å². The van der Waals surface area contributed by atoms with Gasteiger partial charge in [0, 0.05) is 0 Å². The highest BCUT2D eigenvalue weighted by molar-refractivity contribution is 6.33. The van der Waals surface area contributed by atoms with Crippen LogP contribution in [0.3, 0.4) is 0 Å². The fourth-order valence-corrected chi connectivity index (χ4v) is 0.741. The number of hydrogen-bond acceptors (Lipinski definition) is 3. The van der Waals surface area contributed by atoms with Gasteiger partial charge in [-0.2, -0.15) is 0 Å². The lowest BCUT2D eigenvalue weighted by atomic mass is 10.3. The van der Waals surface area contributed by atoms with Crippen molar-refractivity contribution in [2.45, 2.75) is 0 Å². The van der Waals surface area contributed by atoms with Crippen LogP contribution in [-0.4, -0.2) is 16.5 Å². The van der Waals surface area contributed by atoms with Crippen molar-refractivity contribution in [1.82, 2.24) is 10.2 Å². The maximum atomic E-state index is 10.2. The number of hydrogen-bond donors (Lipinski definition) is 0. The SMILES string of the molecule is O=Cc1cc(Cl)nnc1Cl. The second kappa shape index (κ2) is 2.94. The minimum absolute atomic E-state index is 0.0689. The molecule has 0 fully saturated rings. The molecule has 0 amide bonds. The minimum Gasteiger partial charge on any atom is -0.298 e. The first-order valence-corrected chi connectivity index (χ1v) is 3.13. The predicted molar refractivity (Wildman–Crippen MR) is 37.4 cm³/mol. The molecule has 1 rings (SSSR count). The second-order valence-electron chi connectivity index (χ2n) is 1.53. The van der Waals surface area contributed by atoms with E-state index in [2.05, 4.69) is 10.2 Å². The number of nitrogens with zero attached hydrogens (tertiary/aromatic N) is 2. The molecule has 0 aliphatic heterocycles. The molecule has 0 aromatic carbocycles.